The SMILES string of the molecule is CC[C@@H]1CCCCN1C(=O)[C@H](C)OC(=O)C1CCN(S(=O)(=O)c2ccc3c(c2)OCCO3)CC1. The van der Waals surface area contributed by atoms with Gasteiger partial charge in [0.05, 0.1) is 10.8 Å². The van der Waals surface area contributed by atoms with Gasteiger partial charge in [0.15, 0.2) is 17.6 Å². The van der Waals surface area contributed by atoms with Crippen LogP contribution in [0.3, 0.4) is 0 Å². The number of carbonyl (C=O) groups is 2. The van der Waals surface area contributed by atoms with E-state index in [0.29, 0.717) is 44.1 Å². The average Bonchev–Trinajstić information content (AvgIpc) is 2.87. The third kappa shape index (κ3) is 5.17. The first-order valence-electron chi connectivity index (χ1n) is 12.2. The standard InChI is InChI=1S/C24H34N2O7S/c1-3-19-6-4-5-11-26(19)23(27)17(2)33-24(28)18-9-12-25(13-10-18)34(29,30)20-7-8-21-22(16-20)32-15-14-31-21/h7-8,16-19H,3-6,9-15H2,1-2H3/t17-,19+/m0/s1. The Morgan fingerprint density at radius 2 is 1.76 bits per heavy atom. The van der Waals surface area contributed by atoms with E-state index < -0.39 is 28.0 Å². The first-order chi connectivity index (χ1) is 16.3. The molecule has 0 N–H and O–H groups in total. The summed E-state index contributed by atoms with van der Waals surface area (Å²) in [6.07, 6.45) is 3.83. The number of hydrogen-bond donors (Lipinski definition) is 0. The van der Waals surface area contributed by atoms with Gasteiger partial charge in [-0.15, -0.1) is 0 Å². The molecule has 0 unspecified atom stereocenters. The van der Waals surface area contributed by atoms with Gasteiger partial charge < -0.3 is 19.1 Å². The van der Waals surface area contributed by atoms with Crippen LogP contribution in [0.1, 0.15) is 52.4 Å². The van der Waals surface area contributed by atoms with Gasteiger partial charge in [0, 0.05) is 31.7 Å². The van der Waals surface area contributed by atoms with Crippen LogP contribution >= 0.6 is 0 Å². The molecule has 3 aliphatic heterocycles. The molecule has 188 valence electrons. The van der Waals surface area contributed by atoms with E-state index in [2.05, 4.69) is 6.92 Å². The average molecular weight is 495 g/mol. The Kier molecular flexibility index (Phi) is 7.67. The van der Waals surface area contributed by atoms with Crippen molar-refractivity contribution in [2.24, 2.45) is 5.92 Å². The second-order valence-electron chi connectivity index (χ2n) is 9.15. The molecule has 0 radical (unpaired) electrons. The molecular formula is C24H34N2O7S. The van der Waals surface area contributed by atoms with Gasteiger partial charge in [0.25, 0.3) is 5.91 Å². The Balaban J connectivity index is 1.32. The molecule has 2 fully saturated rings. The van der Waals surface area contributed by atoms with Crippen molar-refractivity contribution in [3.8, 4) is 11.5 Å². The second kappa shape index (κ2) is 10.5. The molecule has 4 rings (SSSR count). The molecular weight excluding hydrogens is 460 g/mol. The van der Waals surface area contributed by atoms with Gasteiger partial charge in [0.1, 0.15) is 13.2 Å². The van der Waals surface area contributed by atoms with Gasteiger partial charge in [-0.3, -0.25) is 9.59 Å². The monoisotopic (exact) mass is 494 g/mol. The zero-order valence-electron chi connectivity index (χ0n) is 19.9. The third-order valence-electron chi connectivity index (χ3n) is 6.96. The first-order valence-corrected chi connectivity index (χ1v) is 13.7. The fourth-order valence-electron chi connectivity index (χ4n) is 4.93. The van der Waals surface area contributed by atoms with E-state index in [0.717, 1.165) is 25.7 Å². The molecule has 1 aromatic rings. The number of ether oxygens (including phenoxy) is 3. The zero-order chi connectivity index (χ0) is 24.3. The largest absolute Gasteiger partial charge is 0.486 e. The fraction of sp³-hybridized carbons (Fsp3) is 0.667. The van der Waals surface area contributed by atoms with E-state index in [1.54, 1.807) is 13.0 Å². The maximum Gasteiger partial charge on any atom is 0.309 e. The minimum absolute atomic E-state index is 0.140. The summed E-state index contributed by atoms with van der Waals surface area (Å²) in [6.45, 7) is 5.63. The van der Waals surface area contributed by atoms with E-state index >= 15 is 0 Å². The third-order valence-corrected chi connectivity index (χ3v) is 8.86. The predicted molar refractivity (Wildman–Crippen MR) is 124 cm³/mol. The molecule has 3 heterocycles. The highest BCUT2D eigenvalue weighted by Gasteiger charge is 2.36. The van der Waals surface area contributed by atoms with Gasteiger partial charge in [-0.25, -0.2) is 8.42 Å². The number of piperidine rings is 2. The number of rotatable bonds is 6. The quantitative estimate of drug-likeness (QED) is 0.560. The summed E-state index contributed by atoms with van der Waals surface area (Å²) in [4.78, 5) is 27.6. The van der Waals surface area contributed by atoms with Gasteiger partial charge in [-0.2, -0.15) is 4.31 Å². The molecule has 2 saturated heterocycles. The lowest BCUT2D eigenvalue weighted by molar-refractivity contribution is -0.165. The molecule has 0 saturated carbocycles. The number of carbonyl (C=O) groups excluding carboxylic acids is 2. The van der Waals surface area contributed by atoms with Gasteiger partial charge in [-0.1, -0.05) is 6.92 Å². The Bertz CT molecular complexity index is 1000. The highest BCUT2D eigenvalue weighted by molar-refractivity contribution is 7.89. The molecule has 2 atom stereocenters. The van der Waals surface area contributed by atoms with Crippen molar-refractivity contribution in [1.29, 1.82) is 0 Å². The molecule has 9 nitrogen and oxygen atoms in total. The lowest BCUT2D eigenvalue weighted by Crippen LogP contribution is -2.49. The Morgan fingerprint density at radius 3 is 2.47 bits per heavy atom. The Hall–Kier alpha value is -2.33. The van der Waals surface area contributed by atoms with Crippen LogP contribution in [0.4, 0.5) is 0 Å². The van der Waals surface area contributed by atoms with Crippen molar-refractivity contribution in [3.63, 3.8) is 0 Å². The van der Waals surface area contributed by atoms with Crippen molar-refractivity contribution in [3.05, 3.63) is 18.2 Å². The maximum atomic E-state index is 13.1. The van der Waals surface area contributed by atoms with Crippen LogP contribution < -0.4 is 9.47 Å². The lowest BCUT2D eigenvalue weighted by Gasteiger charge is -2.37. The highest BCUT2D eigenvalue weighted by atomic mass is 32.2. The van der Waals surface area contributed by atoms with E-state index in [1.165, 1.54) is 16.4 Å². The maximum absolute atomic E-state index is 13.1. The molecule has 1 amide bonds. The van der Waals surface area contributed by atoms with Crippen LogP contribution in [0, 0.1) is 5.92 Å². The van der Waals surface area contributed by atoms with E-state index in [-0.39, 0.29) is 29.9 Å². The number of nitrogens with zero attached hydrogens (tertiary/aromatic N) is 2. The van der Waals surface area contributed by atoms with Crippen LogP contribution in [-0.2, 0) is 24.3 Å². The summed E-state index contributed by atoms with van der Waals surface area (Å²) in [5, 5.41) is 0. The first kappa shape index (κ1) is 24.8. The number of sulfonamides is 1. The molecule has 0 aromatic heterocycles. The normalized spacial score (nSPS) is 22.8. The fourth-order valence-corrected chi connectivity index (χ4v) is 6.42. The van der Waals surface area contributed by atoms with Crippen molar-refractivity contribution in [1.82, 2.24) is 9.21 Å². The van der Waals surface area contributed by atoms with Crippen LogP contribution in [0.15, 0.2) is 23.1 Å². The van der Waals surface area contributed by atoms with Gasteiger partial charge >= 0.3 is 5.97 Å². The molecule has 10 heteroatoms. The van der Waals surface area contributed by atoms with Crippen LogP contribution in [0.25, 0.3) is 0 Å². The van der Waals surface area contributed by atoms with Crippen LogP contribution in [0.2, 0.25) is 0 Å². The lowest BCUT2D eigenvalue weighted by atomic mass is 9.98. The summed E-state index contributed by atoms with van der Waals surface area (Å²) in [5.74, 6) is -0.0420. The van der Waals surface area contributed by atoms with E-state index in [1.807, 2.05) is 4.90 Å². The number of likely N-dealkylation sites (tertiary alicyclic amines) is 1. The second-order valence-corrected chi connectivity index (χ2v) is 11.1. The predicted octanol–water partition coefficient (Wildman–Crippen LogP) is 2.58. The summed E-state index contributed by atoms with van der Waals surface area (Å²) in [6, 6.07) is 4.81. The number of fused-ring (bicyclic) bond motifs is 1. The number of benzene rings is 1. The minimum Gasteiger partial charge on any atom is -0.486 e. The van der Waals surface area contributed by atoms with E-state index in [4.69, 9.17) is 14.2 Å². The van der Waals surface area contributed by atoms with E-state index in [9.17, 15) is 18.0 Å². The van der Waals surface area contributed by atoms with Gasteiger partial charge in [0.2, 0.25) is 10.0 Å². The Labute approximate surface area is 201 Å². The molecule has 34 heavy (non-hydrogen) atoms. The minimum atomic E-state index is -3.72. The van der Waals surface area contributed by atoms with Crippen molar-refractivity contribution in [2.45, 2.75) is 69.4 Å². The molecule has 0 bridgehead atoms. The van der Waals surface area contributed by atoms with Crippen molar-refractivity contribution in [2.75, 3.05) is 32.8 Å². The summed E-state index contributed by atoms with van der Waals surface area (Å²) >= 11 is 0. The molecule has 1 aromatic carbocycles. The number of hydrogen-bond acceptors (Lipinski definition) is 7. The molecule has 3 aliphatic rings. The zero-order valence-corrected chi connectivity index (χ0v) is 20.7. The summed E-state index contributed by atoms with van der Waals surface area (Å²) in [7, 11) is -3.72. The smallest absolute Gasteiger partial charge is 0.309 e. The number of esters is 1. The summed E-state index contributed by atoms with van der Waals surface area (Å²) < 4.78 is 44.1. The Morgan fingerprint density at radius 1 is 1.06 bits per heavy atom. The molecule has 0 aliphatic carbocycles. The van der Waals surface area contributed by atoms with Crippen LogP contribution in [-0.4, -0.2) is 74.5 Å². The highest BCUT2D eigenvalue weighted by Crippen LogP contribution is 2.34. The van der Waals surface area contributed by atoms with Crippen molar-refractivity contribution < 1.29 is 32.2 Å². The summed E-state index contributed by atoms with van der Waals surface area (Å²) in [5.41, 5.74) is 0. The van der Waals surface area contributed by atoms with Crippen LogP contribution in [0.5, 0.6) is 11.5 Å². The van der Waals surface area contributed by atoms with Gasteiger partial charge in [-0.05, 0) is 57.6 Å². The number of amides is 1. The molecule has 0 spiro atoms. The topological polar surface area (TPSA) is 102 Å². The van der Waals surface area contributed by atoms with Crippen molar-refractivity contribution >= 4 is 21.9 Å².